The Labute approximate surface area is 273 Å². The quantitative estimate of drug-likeness (QED) is 0.119. The topological polar surface area (TPSA) is 236 Å². The van der Waals surface area contributed by atoms with Crippen molar-refractivity contribution < 1.29 is 54.5 Å². The lowest BCUT2D eigenvalue weighted by molar-refractivity contribution is 0.0435. The number of ether oxygens (including phenoxy) is 4. The van der Waals surface area contributed by atoms with Crippen LogP contribution in [-0.4, -0.2) is 64.3 Å². The number of nitriles is 2. The van der Waals surface area contributed by atoms with Gasteiger partial charge in [-0.1, -0.05) is 24.3 Å². The highest BCUT2D eigenvalue weighted by molar-refractivity contribution is 7.86. The number of hydrogen-bond donors (Lipinski definition) is 2. The molecule has 0 atom stereocenters. The van der Waals surface area contributed by atoms with Crippen LogP contribution in [-0.2, 0) is 29.7 Å². The van der Waals surface area contributed by atoms with Crippen molar-refractivity contribution in [3.8, 4) is 23.6 Å². The first-order valence-electron chi connectivity index (χ1n) is 13.0. The molecule has 0 radical (unpaired) electrons. The van der Waals surface area contributed by atoms with Gasteiger partial charge in [-0.25, -0.2) is 29.8 Å². The van der Waals surface area contributed by atoms with Crippen molar-refractivity contribution in [3.63, 3.8) is 0 Å². The van der Waals surface area contributed by atoms with Gasteiger partial charge < -0.3 is 18.9 Å². The maximum atomic E-state index is 12.5. The fourth-order valence-corrected chi connectivity index (χ4v) is 5.27. The van der Waals surface area contributed by atoms with E-state index in [1.165, 1.54) is 24.3 Å². The highest BCUT2D eigenvalue weighted by atomic mass is 32.2. The summed E-state index contributed by atoms with van der Waals surface area (Å²) in [7, 11) is -9.48. The molecular formula is C30H20N4O12S2. The van der Waals surface area contributed by atoms with E-state index in [0.29, 0.717) is 0 Å². The molecule has 0 saturated heterocycles. The summed E-state index contributed by atoms with van der Waals surface area (Å²) in [5.74, 6) is -2.64. The summed E-state index contributed by atoms with van der Waals surface area (Å²) in [4.78, 5) is 29.8. The van der Waals surface area contributed by atoms with Crippen LogP contribution in [0.25, 0.3) is 21.1 Å². The molecule has 2 N–H and O–H groups in total. The van der Waals surface area contributed by atoms with Crippen LogP contribution in [0.1, 0.15) is 20.7 Å². The molecule has 0 aliphatic carbocycles. The van der Waals surface area contributed by atoms with Gasteiger partial charge in [-0.05, 0) is 36.4 Å². The minimum atomic E-state index is -4.74. The zero-order valence-electron chi connectivity index (χ0n) is 24.2. The molecule has 0 heterocycles. The molecule has 0 fully saturated rings. The van der Waals surface area contributed by atoms with Crippen molar-refractivity contribution in [3.05, 3.63) is 105 Å². The zero-order valence-corrected chi connectivity index (χ0v) is 25.8. The zero-order chi connectivity index (χ0) is 35.5. The van der Waals surface area contributed by atoms with Gasteiger partial charge in [0.2, 0.25) is 0 Å². The third kappa shape index (κ3) is 8.92. The summed E-state index contributed by atoms with van der Waals surface area (Å²) in [5.41, 5.74) is -1.91. The minimum Gasteiger partial charge on any atom is -0.491 e. The maximum Gasteiger partial charge on any atom is 0.339 e. The van der Waals surface area contributed by atoms with Gasteiger partial charge in [-0.3, -0.25) is 9.11 Å². The summed E-state index contributed by atoms with van der Waals surface area (Å²) >= 11 is 0. The molecule has 244 valence electrons. The van der Waals surface area contributed by atoms with Crippen molar-refractivity contribution in [2.75, 3.05) is 26.4 Å². The van der Waals surface area contributed by atoms with E-state index >= 15 is 0 Å². The molecule has 0 aliphatic rings. The second-order valence-corrected chi connectivity index (χ2v) is 11.7. The lowest BCUT2D eigenvalue weighted by atomic mass is 10.1. The Morgan fingerprint density at radius 1 is 0.667 bits per heavy atom. The minimum absolute atomic E-state index is 0.157. The molecular weight excluding hydrogens is 672 g/mol. The van der Waals surface area contributed by atoms with Crippen molar-refractivity contribution in [1.82, 2.24) is 0 Å². The van der Waals surface area contributed by atoms with Gasteiger partial charge in [0.15, 0.2) is 0 Å². The number of benzene rings is 3. The van der Waals surface area contributed by atoms with E-state index in [1.807, 2.05) is 0 Å². The molecule has 3 aromatic carbocycles. The predicted molar refractivity (Wildman–Crippen MR) is 161 cm³/mol. The first-order chi connectivity index (χ1) is 22.8. The van der Waals surface area contributed by atoms with Crippen molar-refractivity contribution in [2.24, 2.45) is 0 Å². The van der Waals surface area contributed by atoms with Crippen LogP contribution in [0, 0.1) is 35.8 Å². The summed E-state index contributed by atoms with van der Waals surface area (Å²) in [6, 6.07) is 15.1. The summed E-state index contributed by atoms with van der Waals surface area (Å²) in [5, 5.41) is 18.7. The number of carbonyl (C=O) groups is 2. The number of hydrogen-bond acceptors (Lipinski definition) is 12. The monoisotopic (exact) mass is 692 g/mol. The molecule has 0 bridgehead atoms. The lowest BCUT2D eigenvalue weighted by Crippen LogP contribution is -2.23. The lowest BCUT2D eigenvalue weighted by Gasteiger charge is -2.13. The molecule has 0 aromatic heterocycles. The average molecular weight is 693 g/mol. The average Bonchev–Trinajstić information content (AvgIpc) is 3.06. The molecule has 3 rings (SSSR count). The number of nitrogens with zero attached hydrogens (tertiary/aromatic N) is 4. The fraction of sp³-hybridized carbons (Fsp3) is 0.133. The Morgan fingerprint density at radius 2 is 1.02 bits per heavy atom. The SMILES string of the molecule is [C-]#[N+]C(C#N)=c1cc(OCCOC(=O)c2ccccc2S(=O)(=O)O)c(=C(C#N)[N+]#[C-])cc1OCCOC(=O)c1ccccc1S(=O)(=O)O. The van der Waals surface area contributed by atoms with Gasteiger partial charge in [0.25, 0.3) is 31.6 Å². The Balaban J connectivity index is 1.86. The van der Waals surface area contributed by atoms with Gasteiger partial charge in [0, 0.05) is 10.4 Å². The number of carbonyl (C=O) groups excluding carboxylic acids is 2. The molecule has 16 nitrogen and oxygen atoms in total. The Kier molecular flexibility index (Phi) is 11.9. The van der Waals surface area contributed by atoms with Crippen LogP contribution in [0.3, 0.4) is 0 Å². The van der Waals surface area contributed by atoms with E-state index in [1.54, 1.807) is 12.1 Å². The smallest absolute Gasteiger partial charge is 0.339 e. The largest absolute Gasteiger partial charge is 0.491 e. The van der Waals surface area contributed by atoms with E-state index in [2.05, 4.69) is 9.69 Å². The van der Waals surface area contributed by atoms with Gasteiger partial charge in [-0.15, -0.1) is 0 Å². The normalized spacial score (nSPS) is 12.1. The van der Waals surface area contributed by atoms with Crippen LogP contribution in [0.4, 0.5) is 0 Å². The van der Waals surface area contributed by atoms with Crippen molar-refractivity contribution >= 4 is 43.6 Å². The van der Waals surface area contributed by atoms with E-state index in [0.717, 1.165) is 36.4 Å². The first-order valence-corrected chi connectivity index (χ1v) is 15.9. The first kappa shape index (κ1) is 36.2. The number of esters is 2. The van der Waals surface area contributed by atoms with Gasteiger partial charge in [-0.2, -0.15) is 16.8 Å². The number of rotatable bonds is 12. The summed E-state index contributed by atoms with van der Waals surface area (Å²) in [6.07, 6.45) is 0. The van der Waals surface area contributed by atoms with E-state index in [9.17, 15) is 46.1 Å². The third-order valence-electron chi connectivity index (χ3n) is 5.95. The summed E-state index contributed by atoms with van der Waals surface area (Å²) < 4.78 is 86.3. The Morgan fingerprint density at radius 3 is 1.33 bits per heavy atom. The fourth-order valence-electron chi connectivity index (χ4n) is 3.91. The van der Waals surface area contributed by atoms with Gasteiger partial charge in [0.1, 0.15) is 47.7 Å². The Hall–Kier alpha value is -6.28. The van der Waals surface area contributed by atoms with Crippen LogP contribution in [0.2, 0.25) is 0 Å². The standard InChI is InChI=1S/C30H20N4O12S2/c1-33-23(17-31)21-15-26(44-12-14-46-30(36)20-8-4-6-10-28(20)48(40,41)42)22(24(18-32)34-2)16-25(21)43-11-13-45-29(35)19-7-3-5-9-27(19)47(37,38)39/h3-10,15-16H,11-14H2,(H,37,38,39)(H,40,41,42). The molecule has 3 aromatic rings. The molecule has 0 aliphatic heterocycles. The highest BCUT2D eigenvalue weighted by Crippen LogP contribution is 2.18. The van der Waals surface area contributed by atoms with E-state index < -0.39 is 90.9 Å². The Bertz CT molecular complexity index is 2100. The third-order valence-corrected chi connectivity index (χ3v) is 7.77. The molecule has 48 heavy (non-hydrogen) atoms. The van der Waals surface area contributed by atoms with Crippen molar-refractivity contribution in [2.45, 2.75) is 9.79 Å². The van der Waals surface area contributed by atoms with E-state index in [-0.39, 0.29) is 21.9 Å². The van der Waals surface area contributed by atoms with E-state index in [4.69, 9.17) is 32.1 Å². The van der Waals surface area contributed by atoms with Gasteiger partial charge in [0.05, 0.1) is 36.4 Å². The van der Waals surface area contributed by atoms with Crippen LogP contribution in [0.15, 0.2) is 70.5 Å². The molecule has 0 saturated carbocycles. The predicted octanol–water partition coefficient (Wildman–Crippen LogP) is 1.75. The van der Waals surface area contributed by atoms with Crippen molar-refractivity contribution in [1.29, 1.82) is 10.5 Å². The molecule has 0 spiro atoms. The maximum absolute atomic E-state index is 12.5. The molecule has 0 amide bonds. The second kappa shape index (κ2) is 15.8. The molecule has 0 unspecified atom stereocenters. The second-order valence-electron chi connectivity index (χ2n) is 8.90. The van der Waals surface area contributed by atoms with Crippen LogP contribution in [0.5, 0.6) is 11.5 Å². The van der Waals surface area contributed by atoms with Gasteiger partial charge >= 0.3 is 11.9 Å². The van der Waals surface area contributed by atoms with Crippen LogP contribution < -0.4 is 19.9 Å². The molecule has 18 heteroatoms. The van der Waals surface area contributed by atoms with Crippen LogP contribution >= 0.6 is 0 Å². The summed E-state index contributed by atoms with van der Waals surface area (Å²) in [6.45, 7) is 12.9. The highest BCUT2D eigenvalue weighted by Gasteiger charge is 2.22.